The minimum atomic E-state index is 0.772. The molecule has 1 aromatic carbocycles. The fourth-order valence-electron chi connectivity index (χ4n) is 2.10. The van der Waals surface area contributed by atoms with Crippen molar-refractivity contribution in [2.75, 3.05) is 6.61 Å². The first-order chi connectivity index (χ1) is 8.58. The maximum Gasteiger partial charge on any atom is 0.119 e. The molecular weight excluding hydrogens is 220 g/mol. The van der Waals surface area contributed by atoms with Gasteiger partial charge in [-0.1, -0.05) is 52.2 Å². The summed E-state index contributed by atoms with van der Waals surface area (Å²) in [4.78, 5) is 0. The molecule has 1 rings (SSSR count). The molecule has 0 aromatic heterocycles. The van der Waals surface area contributed by atoms with E-state index in [0.717, 1.165) is 30.6 Å². The van der Waals surface area contributed by atoms with Crippen LogP contribution in [0.1, 0.15) is 52.0 Å². The van der Waals surface area contributed by atoms with E-state index >= 15 is 0 Å². The Bertz CT molecular complexity index is 330. The SMILES string of the molecule is Cc1cccc(OCCC(C)CCCC(C)C)c1. The lowest BCUT2D eigenvalue weighted by Crippen LogP contribution is -2.04. The number of aryl methyl sites for hydroxylation is 1. The van der Waals surface area contributed by atoms with Gasteiger partial charge in [0.1, 0.15) is 5.75 Å². The molecule has 0 saturated heterocycles. The maximum absolute atomic E-state index is 5.78. The second kappa shape index (κ2) is 8.18. The fraction of sp³-hybridized carbons (Fsp3) is 0.647. The highest BCUT2D eigenvalue weighted by atomic mass is 16.5. The summed E-state index contributed by atoms with van der Waals surface area (Å²) in [6.45, 7) is 9.87. The van der Waals surface area contributed by atoms with Gasteiger partial charge in [0, 0.05) is 0 Å². The van der Waals surface area contributed by atoms with Gasteiger partial charge in [0.15, 0.2) is 0 Å². The Morgan fingerprint density at radius 1 is 1.06 bits per heavy atom. The van der Waals surface area contributed by atoms with Gasteiger partial charge in [0.05, 0.1) is 6.61 Å². The normalized spacial score (nSPS) is 12.7. The summed E-state index contributed by atoms with van der Waals surface area (Å²) in [5.74, 6) is 2.61. The monoisotopic (exact) mass is 248 g/mol. The van der Waals surface area contributed by atoms with Crippen molar-refractivity contribution in [3.63, 3.8) is 0 Å². The van der Waals surface area contributed by atoms with Crippen LogP contribution in [0.4, 0.5) is 0 Å². The van der Waals surface area contributed by atoms with Crippen molar-refractivity contribution in [2.24, 2.45) is 11.8 Å². The number of benzene rings is 1. The molecule has 0 aliphatic heterocycles. The molecule has 0 N–H and O–H groups in total. The first-order valence-electron chi connectivity index (χ1n) is 7.27. The van der Waals surface area contributed by atoms with E-state index in [0.29, 0.717) is 0 Å². The van der Waals surface area contributed by atoms with E-state index in [-0.39, 0.29) is 0 Å². The molecule has 0 heterocycles. The van der Waals surface area contributed by atoms with E-state index in [2.05, 4.69) is 45.9 Å². The van der Waals surface area contributed by atoms with Gasteiger partial charge in [0.25, 0.3) is 0 Å². The van der Waals surface area contributed by atoms with Gasteiger partial charge in [0.2, 0.25) is 0 Å². The van der Waals surface area contributed by atoms with Gasteiger partial charge >= 0.3 is 0 Å². The first-order valence-corrected chi connectivity index (χ1v) is 7.27. The van der Waals surface area contributed by atoms with E-state index in [4.69, 9.17) is 4.74 Å². The van der Waals surface area contributed by atoms with Crippen LogP contribution in [0.3, 0.4) is 0 Å². The van der Waals surface area contributed by atoms with E-state index in [1.807, 2.05) is 6.07 Å². The lowest BCUT2D eigenvalue weighted by molar-refractivity contribution is 0.275. The summed E-state index contributed by atoms with van der Waals surface area (Å²) in [7, 11) is 0. The Hall–Kier alpha value is -0.980. The molecule has 1 atom stereocenters. The third kappa shape index (κ3) is 6.68. The van der Waals surface area contributed by atoms with Crippen LogP contribution in [-0.2, 0) is 0 Å². The fourth-order valence-corrected chi connectivity index (χ4v) is 2.10. The minimum Gasteiger partial charge on any atom is -0.494 e. The number of rotatable bonds is 8. The van der Waals surface area contributed by atoms with E-state index in [9.17, 15) is 0 Å². The topological polar surface area (TPSA) is 9.23 Å². The highest BCUT2D eigenvalue weighted by Gasteiger charge is 2.04. The van der Waals surface area contributed by atoms with Gasteiger partial charge in [-0.05, 0) is 42.9 Å². The van der Waals surface area contributed by atoms with Crippen molar-refractivity contribution >= 4 is 0 Å². The van der Waals surface area contributed by atoms with E-state index in [1.165, 1.54) is 24.8 Å². The highest BCUT2D eigenvalue weighted by molar-refractivity contribution is 5.27. The zero-order valence-electron chi connectivity index (χ0n) is 12.4. The van der Waals surface area contributed by atoms with Crippen molar-refractivity contribution in [3.05, 3.63) is 29.8 Å². The standard InChI is InChI=1S/C17H28O/c1-14(2)7-5-8-15(3)11-12-18-17-10-6-9-16(4)13-17/h6,9-10,13-15H,5,7-8,11-12H2,1-4H3. The van der Waals surface area contributed by atoms with Crippen molar-refractivity contribution in [1.82, 2.24) is 0 Å². The smallest absolute Gasteiger partial charge is 0.119 e. The number of ether oxygens (including phenoxy) is 1. The molecular formula is C17H28O. The summed E-state index contributed by atoms with van der Waals surface area (Å²) in [6.07, 6.45) is 5.19. The zero-order valence-corrected chi connectivity index (χ0v) is 12.4. The molecule has 1 nitrogen and oxygen atoms in total. The average Bonchev–Trinajstić information content (AvgIpc) is 2.28. The molecule has 0 aliphatic rings. The lowest BCUT2D eigenvalue weighted by Gasteiger charge is -2.13. The van der Waals surface area contributed by atoms with Crippen LogP contribution in [0.5, 0.6) is 5.75 Å². The average molecular weight is 248 g/mol. The lowest BCUT2D eigenvalue weighted by atomic mass is 9.98. The molecule has 102 valence electrons. The van der Waals surface area contributed by atoms with Crippen LogP contribution >= 0.6 is 0 Å². The Kier molecular flexibility index (Phi) is 6.85. The Morgan fingerprint density at radius 3 is 2.50 bits per heavy atom. The third-order valence-electron chi connectivity index (χ3n) is 3.35. The van der Waals surface area contributed by atoms with Gasteiger partial charge in [-0.3, -0.25) is 0 Å². The summed E-state index contributed by atoms with van der Waals surface area (Å²) in [6, 6.07) is 8.29. The molecule has 0 radical (unpaired) electrons. The van der Waals surface area contributed by atoms with E-state index in [1.54, 1.807) is 0 Å². The largest absolute Gasteiger partial charge is 0.494 e. The zero-order chi connectivity index (χ0) is 13.4. The van der Waals surface area contributed by atoms with Crippen LogP contribution in [0.25, 0.3) is 0 Å². The van der Waals surface area contributed by atoms with Crippen LogP contribution < -0.4 is 4.74 Å². The number of hydrogen-bond acceptors (Lipinski definition) is 1. The number of hydrogen-bond donors (Lipinski definition) is 0. The predicted molar refractivity (Wildman–Crippen MR) is 79.1 cm³/mol. The summed E-state index contributed by atoms with van der Waals surface area (Å²) < 4.78 is 5.78. The van der Waals surface area contributed by atoms with Crippen molar-refractivity contribution in [3.8, 4) is 5.75 Å². The molecule has 18 heavy (non-hydrogen) atoms. The summed E-state index contributed by atoms with van der Waals surface area (Å²) >= 11 is 0. The highest BCUT2D eigenvalue weighted by Crippen LogP contribution is 2.17. The Balaban J connectivity index is 2.13. The molecule has 1 unspecified atom stereocenters. The van der Waals surface area contributed by atoms with Gasteiger partial charge in [-0.25, -0.2) is 0 Å². The maximum atomic E-state index is 5.78. The minimum absolute atomic E-state index is 0.772. The van der Waals surface area contributed by atoms with E-state index < -0.39 is 0 Å². The van der Waals surface area contributed by atoms with Crippen LogP contribution in [0, 0.1) is 18.8 Å². The summed E-state index contributed by atoms with van der Waals surface area (Å²) in [5, 5.41) is 0. The molecule has 0 bridgehead atoms. The Morgan fingerprint density at radius 2 is 1.83 bits per heavy atom. The predicted octanol–water partition coefficient (Wildman–Crippen LogP) is 5.23. The second-order valence-corrected chi connectivity index (χ2v) is 5.88. The van der Waals surface area contributed by atoms with Crippen molar-refractivity contribution in [1.29, 1.82) is 0 Å². The molecule has 0 amide bonds. The summed E-state index contributed by atoms with van der Waals surface area (Å²) in [5.41, 5.74) is 1.26. The van der Waals surface area contributed by atoms with Gasteiger partial charge in [-0.2, -0.15) is 0 Å². The van der Waals surface area contributed by atoms with Gasteiger partial charge in [-0.15, -0.1) is 0 Å². The van der Waals surface area contributed by atoms with Crippen molar-refractivity contribution < 1.29 is 4.74 Å². The molecule has 0 spiro atoms. The quantitative estimate of drug-likeness (QED) is 0.612. The van der Waals surface area contributed by atoms with Crippen molar-refractivity contribution in [2.45, 2.75) is 53.4 Å². The van der Waals surface area contributed by atoms with Crippen LogP contribution in [0.2, 0.25) is 0 Å². The first kappa shape index (κ1) is 15.1. The molecule has 1 aromatic rings. The molecule has 0 aliphatic carbocycles. The van der Waals surface area contributed by atoms with Crippen LogP contribution in [-0.4, -0.2) is 6.61 Å². The van der Waals surface area contributed by atoms with Crippen LogP contribution in [0.15, 0.2) is 24.3 Å². The second-order valence-electron chi connectivity index (χ2n) is 5.88. The Labute approximate surface area is 113 Å². The molecule has 0 fully saturated rings. The van der Waals surface area contributed by atoms with Gasteiger partial charge < -0.3 is 4.74 Å². The third-order valence-corrected chi connectivity index (χ3v) is 3.35. The molecule has 1 heteroatoms. The molecule has 0 saturated carbocycles.